The van der Waals surface area contributed by atoms with Gasteiger partial charge in [0.05, 0.1) is 5.59 Å². The second-order valence-electron chi connectivity index (χ2n) is 9.71. The van der Waals surface area contributed by atoms with Gasteiger partial charge < -0.3 is 31.7 Å². The first-order valence-corrected chi connectivity index (χ1v) is 14.3. The topological polar surface area (TPSA) is 199 Å². The van der Waals surface area contributed by atoms with Crippen molar-refractivity contribution in [2.45, 2.75) is 65.7 Å². The Morgan fingerprint density at radius 3 is 2.34 bits per heavy atom. The van der Waals surface area contributed by atoms with Crippen LogP contribution in [0.15, 0.2) is 30.5 Å². The Morgan fingerprint density at radius 1 is 1.10 bits per heavy atom. The molecular formula is C25H36BIN8O6. The predicted octanol–water partition coefficient (Wildman–Crippen LogP) is 0.317. The molecule has 41 heavy (non-hydrogen) atoms. The van der Waals surface area contributed by atoms with Crippen molar-refractivity contribution in [1.29, 1.82) is 0 Å². The molecule has 222 valence electrons. The summed E-state index contributed by atoms with van der Waals surface area (Å²) in [5, 5.41) is 18.7. The molecule has 0 saturated heterocycles. The zero-order chi connectivity index (χ0) is 30.5. The van der Waals surface area contributed by atoms with Gasteiger partial charge in [-0.2, -0.15) is 0 Å². The molecule has 6 N–H and O–H groups in total. The summed E-state index contributed by atoms with van der Waals surface area (Å²) >= 11 is 2.19. The number of nitrogens with zero attached hydrogens (tertiary/aromatic N) is 3. The van der Waals surface area contributed by atoms with Crippen LogP contribution in [-0.4, -0.2) is 67.9 Å². The number of esters is 1. The SMILES string of the molecule is CB(I)c1cn(CC(=O)N[C@H](C(=O)N[C@@H](CCCNC(N)=O)C(=O)Nc2ccc(COC(C)=O)cc2)C(C)C)nn1. The van der Waals surface area contributed by atoms with Crippen LogP contribution in [0.3, 0.4) is 0 Å². The molecule has 0 radical (unpaired) electrons. The average molecular weight is 682 g/mol. The van der Waals surface area contributed by atoms with Crippen LogP contribution >= 0.6 is 22.4 Å². The summed E-state index contributed by atoms with van der Waals surface area (Å²) in [5.74, 6) is -2.14. The van der Waals surface area contributed by atoms with E-state index in [1.54, 1.807) is 44.3 Å². The monoisotopic (exact) mass is 682 g/mol. The third-order valence-electron chi connectivity index (χ3n) is 5.80. The number of nitrogens with one attached hydrogen (secondary N) is 4. The lowest BCUT2D eigenvalue weighted by Crippen LogP contribution is -2.55. The highest BCUT2D eigenvalue weighted by molar-refractivity contribution is 14.1. The number of carbonyl (C=O) groups is 5. The van der Waals surface area contributed by atoms with Crippen LogP contribution in [0.1, 0.15) is 39.2 Å². The lowest BCUT2D eigenvalue weighted by atomic mass is 9.78. The number of rotatable bonds is 15. The number of ether oxygens (including phenoxy) is 1. The summed E-state index contributed by atoms with van der Waals surface area (Å²) in [6.07, 6.45) is 2.22. The van der Waals surface area contributed by atoms with Crippen LogP contribution < -0.4 is 32.6 Å². The molecule has 16 heteroatoms. The molecule has 2 aromatic rings. The highest BCUT2D eigenvalue weighted by Crippen LogP contribution is 2.13. The summed E-state index contributed by atoms with van der Waals surface area (Å²) in [4.78, 5) is 61.2. The van der Waals surface area contributed by atoms with Gasteiger partial charge in [0.1, 0.15) is 25.2 Å². The van der Waals surface area contributed by atoms with E-state index in [2.05, 4.69) is 54.0 Å². The van der Waals surface area contributed by atoms with Crippen LogP contribution in [0.25, 0.3) is 0 Å². The first kappa shape index (κ1) is 33.5. The number of anilines is 1. The van der Waals surface area contributed by atoms with E-state index in [1.807, 2.05) is 6.82 Å². The Kier molecular flexibility index (Phi) is 13.5. The second-order valence-corrected chi connectivity index (χ2v) is 11.6. The fourth-order valence-corrected chi connectivity index (χ4v) is 3.91. The quantitative estimate of drug-likeness (QED) is 0.0766. The predicted molar refractivity (Wildman–Crippen MR) is 161 cm³/mol. The zero-order valence-corrected chi connectivity index (χ0v) is 25.6. The van der Waals surface area contributed by atoms with E-state index in [1.165, 1.54) is 11.6 Å². The number of hydrogen-bond donors (Lipinski definition) is 5. The van der Waals surface area contributed by atoms with Gasteiger partial charge in [0.15, 0.2) is 0 Å². The number of urea groups is 1. The number of aromatic nitrogens is 3. The summed E-state index contributed by atoms with van der Waals surface area (Å²) < 4.78 is 6.49. The second kappa shape index (κ2) is 16.5. The van der Waals surface area contributed by atoms with Crippen molar-refractivity contribution >= 4 is 67.9 Å². The minimum Gasteiger partial charge on any atom is -0.461 e. The van der Waals surface area contributed by atoms with E-state index >= 15 is 0 Å². The van der Waals surface area contributed by atoms with Gasteiger partial charge in [0.2, 0.25) is 17.7 Å². The summed E-state index contributed by atoms with van der Waals surface area (Å²) in [6.45, 7) is 7.01. The molecule has 1 aromatic carbocycles. The number of nitrogens with two attached hydrogens (primary N) is 1. The van der Waals surface area contributed by atoms with Gasteiger partial charge in [-0.15, -0.1) is 27.5 Å². The average Bonchev–Trinajstić information content (AvgIpc) is 3.36. The van der Waals surface area contributed by atoms with Gasteiger partial charge in [-0.1, -0.05) is 38.0 Å². The molecule has 14 nitrogen and oxygen atoms in total. The third-order valence-corrected chi connectivity index (χ3v) is 6.44. The first-order valence-electron chi connectivity index (χ1n) is 13.1. The number of halogens is 1. The normalized spacial score (nSPS) is 12.1. The molecule has 1 aromatic heterocycles. The maximum absolute atomic E-state index is 13.3. The van der Waals surface area contributed by atoms with Crippen LogP contribution in [-0.2, 0) is 37.1 Å². The minimum atomic E-state index is -0.973. The molecule has 5 amide bonds. The van der Waals surface area contributed by atoms with Crippen LogP contribution in [0.2, 0.25) is 6.82 Å². The summed E-state index contributed by atoms with van der Waals surface area (Å²) in [6, 6.07) is 4.11. The van der Waals surface area contributed by atoms with Crippen molar-refractivity contribution in [2.75, 3.05) is 11.9 Å². The summed E-state index contributed by atoms with van der Waals surface area (Å²) in [7, 11) is 0. The number of hydrogen-bond acceptors (Lipinski definition) is 8. The Balaban J connectivity index is 2.08. The molecule has 0 saturated carbocycles. The van der Waals surface area contributed by atoms with Crippen molar-refractivity contribution in [3.8, 4) is 0 Å². The Labute approximate surface area is 252 Å². The van der Waals surface area contributed by atoms with Crippen molar-refractivity contribution < 1.29 is 28.7 Å². The van der Waals surface area contributed by atoms with Gasteiger partial charge >= 0.3 is 12.0 Å². The molecule has 1 heterocycles. The number of amides is 5. The van der Waals surface area contributed by atoms with Crippen LogP contribution in [0.5, 0.6) is 0 Å². The fraction of sp³-hybridized carbons (Fsp3) is 0.480. The standard InChI is InChI=1S/C25H36BIN8O6/c1-15(2)22(32-21(37)13-35-12-20(26(4)27)33-34-35)24(39)31-19(6-5-11-29-25(28)40)23(38)30-18-9-7-17(8-10-18)14-41-16(3)36/h7-10,12,15,19,22H,5-6,11,13-14H2,1-4H3,(H,30,38)(H,31,39)(H,32,37)(H3,28,29,40)/t19-,22-/m0/s1. The molecule has 0 unspecified atom stereocenters. The van der Waals surface area contributed by atoms with Gasteiger partial charge in [0, 0.05) is 25.4 Å². The highest BCUT2D eigenvalue weighted by atomic mass is 127. The van der Waals surface area contributed by atoms with Crippen molar-refractivity contribution in [3.63, 3.8) is 0 Å². The Bertz CT molecular complexity index is 1210. The minimum absolute atomic E-state index is 0.104. The van der Waals surface area contributed by atoms with Crippen LogP contribution in [0.4, 0.5) is 10.5 Å². The van der Waals surface area contributed by atoms with E-state index < -0.39 is 41.8 Å². The third kappa shape index (κ3) is 12.1. The molecule has 0 spiro atoms. The van der Waals surface area contributed by atoms with E-state index in [0.29, 0.717) is 12.1 Å². The van der Waals surface area contributed by atoms with Gasteiger partial charge in [-0.25, -0.2) is 9.48 Å². The number of carbonyl (C=O) groups excluding carboxylic acids is 5. The molecule has 0 bridgehead atoms. The maximum Gasteiger partial charge on any atom is 0.312 e. The van der Waals surface area contributed by atoms with Crippen LogP contribution in [0, 0.1) is 5.92 Å². The zero-order valence-electron chi connectivity index (χ0n) is 23.5. The molecular weight excluding hydrogens is 646 g/mol. The van der Waals surface area contributed by atoms with E-state index in [4.69, 9.17) is 10.5 Å². The number of benzene rings is 1. The Morgan fingerprint density at radius 2 is 1.78 bits per heavy atom. The lowest BCUT2D eigenvalue weighted by molar-refractivity contribution is -0.142. The van der Waals surface area contributed by atoms with Crippen molar-refractivity contribution in [3.05, 3.63) is 36.0 Å². The van der Waals surface area contributed by atoms with Gasteiger partial charge in [-0.05, 0) is 36.5 Å². The van der Waals surface area contributed by atoms with E-state index in [0.717, 1.165) is 11.2 Å². The summed E-state index contributed by atoms with van der Waals surface area (Å²) in [5.41, 5.74) is 7.06. The molecule has 0 fully saturated rings. The molecule has 2 rings (SSSR count). The number of primary amides is 1. The smallest absolute Gasteiger partial charge is 0.312 e. The van der Waals surface area contributed by atoms with Gasteiger partial charge in [-0.3, -0.25) is 19.2 Å². The fourth-order valence-electron chi connectivity index (χ4n) is 3.62. The van der Waals surface area contributed by atoms with Crippen molar-refractivity contribution in [2.24, 2.45) is 11.7 Å². The van der Waals surface area contributed by atoms with Gasteiger partial charge in [0.25, 0.3) is 4.57 Å². The lowest BCUT2D eigenvalue weighted by Gasteiger charge is -2.25. The van der Waals surface area contributed by atoms with E-state index in [9.17, 15) is 24.0 Å². The first-order chi connectivity index (χ1) is 19.3. The molecule has 0 aliphatic carbocycles. The highest BCUT2D eigenvalue weighted by Gasteiger charge is 2.29. The van der Waals surface area contributed by atoms with E-state index in [-0.39, 0.29) is 36.6 Å². The maximum atomic E-state index is 13.3. The Hall–Kier alpha value is -3.70. The largest absolute Gasteiger partial charge is 0.461 e. The molecule has 0 aliphatic heterocycles. The molecule has 0 aliphatic rings. The molecule has 2 atom stereocenters. The van der Waals surface area contributed by atoms with Crippen molar-refractivity contribution in [1.82, 2.24) is 30.9 Å².